The molecule has 10 rings (SSSR count). The molecular weight excluding hydrogens is 569 g/mol. The van der Waals surface area contributed by atoms with Gasteiger partial charge in [0.1, 0.15) is 11.2 Å². The molecule has 1 aromatic heterocycles. The summed E-state index contributed by atoms with van der Waals surface area (Å²) in [7, 11) is 0. The van der Waals surface area contributed by atoms with Gasteiger partial charge in [-0.1, -0.05) is 152 Å². The first kappa shape index (κ1) is 25.1. The van der Waals surface area contributed by atoms with Gasteiger partial charge >= 0.3 is 0 Å². The van der Waals surface area contributed by atoms with E-state index in [-0.39, 0.29) is 0 Å². The largest absolute Gasteiger partial charge is 0.455 e. The lowest BCUT2D eigenvalue weighted by Crippen LogP contribution is -1.92. The van der Waals surface area contributed by atoms with E-state index in [1.54, 1.807) is 0 Å². The van der Waals surface area contributed by atoms with E-state index in [9.17, 15) is 1.37 Å². The summed E-state index contributed by atoms with van der Waals surface area (Å²) in [5.74, 6) is 0. The van der Waals surface area contributed by atoms with Crippen molar-refractivity contribution in [2.24, 2.45) is 0 Å². The SMILES string of the molecule is [2H]c1c(-c2c3ccccc3c(-c3cccc(-c4ccccc4)c3)c3ccccc23)c2ccccc2c2c1oc1c3ccccc3ccc12. The van der Waals surface area contributed by atoms with Crippen molar-refractivity contribution in [2.75, 3.05) is 0 Å². The van der Waals surface area contributed by atoms with Crippen LogP contribution in [0.3, 0.4) is 0 Å². The van der Waals surface area contributed by atoms with E-state index >= 15 is 0 Å². The first-order valence-corrected chi connectivity index (χ1v) is 16.1. The molecule has 0 unspecified atom stereocenters. The Labute approximate surface area is 273 Å². The third kappa shape index (κ3) is 3.90. The Morgan fingerprint density at radius 2 is 0.936 bits per heavy atom. The minimum Gasteiger partial charge on any atom is -0.455 e. The van der Waals surface area contributed by atoms with Crippen LogP contribution in [0.15, 0.2) is 174 Å². The predicted molar refractivity (Wildman–Crippen MR) is 200 cm³/mol. The molecule has 1 heteroatoms. The topological polar surface area (TPSA) is 13.1 Å². The van der Waals surface area contributed by atoms with Crippen molar-refractivity contribution in [2.45, 2.75) is 0 Å². The van der Waals surface area contributed by atoms with Gasteiger partial charge in [0.15, 0.2) is 0 Å². The number of rotatable bonds is 3. The second-order valence-corrected chi connectivity index (χ2v) is 12.3. The molecule has 0 radical (unpaired) electrons. The van der Waals surface area contributed by atoms with Gasteiger partial charge in [-0.2, -0.15) is 0 Å². The van der Waals surface area contributed by atoms with Crippen LogP contribution in [0.25, 0.3) is 98.4 Å². The summed E-state index contributed by atoms with van der Waals surface area (Å²) >= 11 is 0. The normalized spacial score (nSPS) is 12.1. The van der Waals surface area contributed by atoms with Gasteiger partial charge in [-0.3, -0.25) is 0 Å². The average Bonchev–Trinajstić information content (AvgIpc) is 3.56. The predicted octanol–water partition coefficient (Wildman–Crippen LogP) is 13.2. The number of benzene rings is 9. The molecule has 1 nitrogen and oxygen atoms in total. The van der Waals surface area contributed by atoms with Gasteiger partial charge in [0.05, 0.1) is 1.37 Å². The molecule has 0 spiro atoms. The molecule has 0 aliphatic rings. The summed E-state index contributed by atoms with van der Waals surface area (Å²) < 4.78 is 16.6. The van der Waals surface area contributed by atoms with Gasteiger partial charge in [-0.25, -0.2) is 0 Å². The van der Waals surface area contributed by atoms with Crippen molar-refractivity contribution >= 4 is 65.0 Å². The number of hydrogen-bond donors (Lipinski definition) is 0. The highest BCUT2D eigenvalue weighted by Gasteiger charge is 2.21. The smallest absolute Gasteiger partial charge is 0.143 e. The standard InChI is InChI=1S/C46H28O/c1-2-13-29(14-3-1)31-16-12-17-32(27-31)43-36-21-8-10-23-38(36)44(39-24-11-9-22-37(39)43)41-28-42-45(35-20-7-6-19-34(35)41)40-26-25-30-15-4-5-18-33(30)46(40)47-42/h1-28H/i28D. The van der Waals surface area contributed by atoms with Crippen molar-refractivity contribution in [3.63, 3.8) is 0 Å². The summed E-state index contributed by atoms with van der Waals surface area (Å²) in [4.78, 5) is 0. The Hall–Kier alpha value is -6.18. The third-order valence-electron chi connectivity index (χ3n) is 9.72. The Bertz CT molecular complexity index is 2840. The lowest BCUT2D eigenvalue weighted by molar-refractivity contribution is 0.673. The molecule has 10 aromatic rings. The fourth-order valence-electron chi connectivity index (χ4n) is 7.67. The van der Waals surface area contributed by atoms with Crippen LogP contribution in [-0.4, -0.2) is 0 Å². The zero-order chi connectivity index (χ0) is 31.8. The second kappa shape index (κ2) is 10.2. The zero-order valence-electron chi connectivity index (χ0n) is 26.5. The molecule has 0 bridgehead atoms. The van der Waals surface area contributed by atoms with Gasteiger partial charge in [0.25, 0.3) is 0 Å². The van der Waals surface area contributed by atoms with Gasteiger partial charge in [0.2, 0.25) is 0 Å². The minimum atomic E-state index is 0.415. The number of furan rings is 1. The molecule has 0 amide bonds. The summed E-state index contributed by atoms with van der Waals surface area (Å²) in [6.07, 6.45) is 0. The average molecular weight is 598 g/mol. The second-order valence-electron chi connectivity index (χ2n) is 12.3. The maximum Gasteiger partial charge on any atom is 0.143 e. The Kier molecular flexibility index (Phi) is 5.42. The molecule has 9 aromatic carbocycles. The van der Waals surface area contributed by atoms with Gasteiger partial charge in [-0.05, 0) is 89.3 Å². The molecule has 0 N–H and O–H groups in total. The Morgan fingerprint density at radius 3 is 1.66 bits per heavy atom. The molecule has 0 fully saturated rings. The van der Waals surface area contributed by atoms with Crippen LogP contribution in [0.4, 0.5) is 0 Å². The van der Waals surface area contributed by atoms with Crippen LogP contribution in [0.5, 0.6) is 0 Å². The molecule has 218 valence electrons. The van der Waals surface area contributed by atoms with Crippen molar-refractivity contribution in [3.8, 4) is 33.4 Å². The van der Waals surface area contributed by atoms with Gasteiger partial charge in [0, 0.05) is 16.2 Å². The Balaban J connectivity index is 1.34. The summed E-state index contributed by atoms with van der Waals surface area (Å²) in [5, 5.41) is 11.0. The van der Waals surface area contributed by atoms with Crippen LogP contribution >= 0.6 is 0 Å². The van der Waals surface area contributed by atoms with E-state index in [0.717, 1.165) is 70.6 Å². The monoisotopic (exact) mass is 597 g/mol. The fourth-order valence-corrected chi connectivity index (χ4v) is 7.67. The van der Waals surface area contributed by atoms with Gasteiger partial charge in [-0.15, -0.1) is 0 Å². The molecule has 0 atom stereocenters. The van der Waals surface area contributed by atoms with E-state index in [1.165, 1.54) is 22.3 Å². The highest BCUT2D eigenvalue weighted by molar-refractivity contribution is 6.29. The zero-order valence-corrected chi connectivity index (χ0v) is 25.5. The van der Waals surface area contributed by atoms with Crippen molar-refractivity contribution in [3.05, 3.63) is 170 Å². The van der Waals surface area contributed by atoms with Gasteiger partial charge < -0.3 is 4.42 Å². The third-order valence-corrected chi connectivity index (χ3v) is 9.72. The van der Waals surface area contributed by atoms with Crippen LogP contribution in [-0.2, 0) is 0 Å². The van der Waals surface area contributed by atoms with E-state index in [0.29, 0.717) is 11.6 Å². The summed E-state index contributed by atoms with van der Waals surface area (Å²) in [6, 6.07) is 58.4. The first-order chi connectivity index (χ1) is 23.8. The van der Waals surface area contributed by atoms with E-state index in [4.69, 9.17) is 4.42 Å². The fraction of sp³-hybridized carbons (Fsp3) is 0. The first-order valence-electron chi connectivity index (χ1n) is 16.6. The molecular formula is C46H28O. The van der Waals surface area contributed by atoms with E-state index < -0.39 is 0 Å². The minimum absolute atomic E-state index is 0.415. The van der Waals surface area contributed by atoms with Crippen LogP contribution in [0, 0.1) is 0 Å². The maximum atomic E-state index is 9.90. The summed E-state index contributed by atoms with van der Waals surface area (Å²) in [6.45, 7) is 0. The quantitative estimate of drug-likeness (QED) is 0.185. The molecule has 0 saturated heterocycles. The molecule has 1 heterocycles. The highest BCUT2D eigenvalue weighted by atomic mass is 16.3. The lowest BCUT2D eigenvalue weighted by Gasteiger charge is -2.19. The molecule has 0 aliphatic carbocycles. The molecule has 0 saturated carbocycles. The highest BCUT2D eigenvalue weighted by Crippen LogP contribution is 2.48. The van der Waals surface area contributed by atoms with E-state index in [2.05, 4.69) is 164 Å². The van der Waals surface area contributed by atoms with Crippen molar-refractivity contribution in [1.82, 2.24) is 0 Å². The lowest BCUT2D eigenvalue weighted by atomic mass is 9.84. The van der Waals surface area contributed by atoms with Crippen LogP contribution in [0.2, 0.25) is 0 Å². The van der Waals surface area contributed by atoms with Crippen LogP contribution < -0.4 is 0 Å². The molecule has 0 aliphatic heterocycles. The Morgan fingerprint density at radius 1 is 0.383 bits per heavy atom. The molecule has 47 heavy (non-hydrogen) atoms. The summed E-state index contributed by atoms with van der Waals surface area (Å²) in [5.41, 5.74) is 8.19. The van der Waals surface area contributed by atoms with Crippen molar-refractivity contribution < 1.29 is 5.79 Å². The van der Waals surface area contributed by atoms with E-state index in [1.807, 2.05) is 0 Å². The maximum absolute atomic E-state index is 9.90. The van der Waals surface area contributed by atoms with Crippen LogP contribution in [0.1, 0.15) is 1.37 Å². The van der Waals surface area contributed by atoms with Crippen molar-refractivity contribution in [1.29, 1.82) is 0 Å². The number of fused-ring (bicyclic) bond motifs is 9. The number of hydrogen-bond acceptors (Lipinski definition) is 1.